The molecule has 0 saturated heterocycles. The first-order valence-electron chi connectivity index (χ1n) is 4.67. The van der Waals surface area contributed by atoms with Crippen LogP contribution in [0, 0.1) is 19.7 Å². The van der Waals surface area contributed by atoms with Crippen LogP contribution in [0.15, 0.2) is 6.07 Å². The Hall–Kier alpha value is -1.09. The van der Waals surface area contributed by atoms with Gasteiger partial charge in [-0.15, -0.1) is 0 Å². The highest BCUT2D eigenvalue weighted by Crippen LogP contribution is 2.30. The van der Waals surface area contributed by atoms with Gasteiger partial charge in [0.25, 0.3) is 0 Å². The van der Waals surface area contributed by atoms with E-state index < -0.39 is 5.82 Å². The van der Waals surface area contributed by atoms with Crippen molar-refractivity contribution < 1.29 is 9.50 Å². The van der Waals surface area contributed by atoms with Crippen molar-refractivity contribution in [1.29, 1.82) is 0 Å². The highest BCUT2D eigenvalue weighted by Gasteiger charge is 2.15. The largest absolute Gasteiger partial charge is 0.505 e. The monoisotopic (exact) mass is 197 g/mol. The highest BCUT2D eigenvalue weighted by atomic mass is 19.1. The summed E-state index contributed by atoms with van der Waals surface area (Å²) in [7, 11) is 0. The number of phenolic OH excluding ortho intramolecular Hbond substituents is 1. The first-order valence-corrected chi connectivity index (χ1v) is 4.67. The molecule has 1 rings (SSSR count). The Balaban J connectivity index is 3.33. The summed E-state index contributed by atoms with van der Waals surface area (Å²) in [4.78, 5) is 0. The Morgan fingerprint density at radius 3 is 2.57 bits per heavy atom. The van der Waals surface area contributed by atoms with Gasteiger partial charge in [0.1, 0.15) is 0 Å². The molecule has 0 aromatic heterocycles. The summed E-state index contributed by atoms with van der Waals surface area (Å²) in [6, 6.07) is 1.75. The maximum absolute atomic E-state index is 13.3. The molecule has 1 atom stereocenters. The maximum Gasteiger partial charge on any atom is 0.167 e. The van der Waals surface area contributed by atoms with Crippen LogP contribution in [0.5, 0.6) is 5.75 Å². The third-order valence-corrected chi connectivity index (χ3v) is 2.60. The first kappa shape index (κ1) is 11.0. The number of halogens is 1. The van der Waals surface area contributed by atoms with E-state index in [1.165, 1.54) is 0 Å². The number of hydrogen-bond donors (Lipinski definition) is 2. The molecule has 0 aliphatic carbocycles. The minimum atomic E-state index is -0.532. The van der Waals surface area contributed by atoms with Crippen molar-refractivity contribution in [2.24, 2.45) is 5.73 Å². The zero-order valence-electron chi connectivity index (χ0n) is 8.76. The molecule has 3 N–H and O–H groups in total. The summed E-state index contributed by atoms with van der Waals surface area (Å²) in [5.74, 6) is -0.643. The third-order valence-electron chi connectivity index (χ3n) is 2.60. The molecule has 0 amide bonds. The Morgan fingerprint density at radius 2 is 2.07 bits per heavy atom. The minimum Gasteiger partial charge on any atom is -0.505 e. The first-order chi connectivity index (χ1) is 6.49. The summed E-state index contributed by atoms with van der Waals surface area (Å²) >= 11 is 0. The van der Waals surface area contributed by atoms with Crippen molar-refractivity contribution in [2.75, 3.05) is 6.54 Å². The Kier molecular flexibility index (Phi) is 3.11. The SMILES string of the molecule is Cc1cc(C(C)CN)c(C)c(O)c1F. The number of nitrogens with two attached hydrogens (primary N) is 1. The lowest BCUT2D eigenvalue weighted by atomic mass is 9.94. The second-order valence-corrected chi connectivity index (χ2v) is 3.71. The van der Waals surface area contributed by atoms with Gasteiger partial charge in [0, 0.05) is 0 Å². The minimum absolute atomic E-state index is 0.139. The molecule has 0 saturated carbocycles. The van der Waals surface area contributed by atoms with E-state index in [9.17, 15) is 9.50 Å². The van der Waals surface area contributed by atoms with Gasteiger partial charge in [-0.25, -0.2) is 4.39 Å². The Labute approximate surface area is 83.6 Å². The number of aromatic hydroxyl groups is 1. The average Bonchev–Trinajstić information content (AvgIpc) is 2.19. The second kappa shape index (κ2) is 3.96. The van der Waals surface area contributed by atoms with Gasteiger partial charge in [-0.1, -0.05) is 13.0 Å². The Morgan fingerprint density at radius 1 is 1.50 bits per heavy atom. The molecule has 3 heteroatoms. The molecule has 0 spiro atoms. The van der Waals surface area contributed by atoms with Gasteiger partial charge in [0.2, 0.25) is 0 Å². The smallest absolute Gasteiger partial charge is 0.167 e. The van der Waals surface area contributed by atoms with Gasteiger partial charge in [0.05, 0.1) is 0 Å². The molecule has 78 valence electrons. The molecule has 1 aromatic carbocycles. The van der Waals surface area contributed by atoms with Gasteiger partial charge in [-0.3, -0.25) is 0 Å². The molecule has 2 nitrogen and oxygen atoms in total. The van der Waals surface area contributed by atoms with E-state index in [2.05, 4.69) is 0 Å². The van der Waals surface area contributed by atoms with E-state index in [0.29, 0.717) is 17.7 Å². The fraction of sp³-hybridized carbons (Fsp3) is 0.455. The molecule has 0 bridgehead atoms. The van der Waals surface area contributed by atoms with Crippen LogP contribution in [0.1, 0.15) is 29.5 Å². The van der Waals surface area contributed by atoms with Gasteiger partial charge in [0.15, 0.2) is 11.6 Å². The van der Waals surface area contributed by atoms with Crippen LogP contribution in [-0.4, -0.2) is 11.7 Å². The molecule has 0 fully saturated rings. The van der Waals surface area contributed by atoms with Crippen LogP contribution in [0.4, 0.5) is 4.39 Å². The van der Waals surface area contributed by atoms with Crippen LogP contribution >= 0.6 is 0 Å². The quantitative estimate of drug-likeness (QED) is 0.763. The maximum atomic E-state index is 13.3. The number of benzene rings is 1. The number of rotatable bonds is 2. The standard InChI is InChI=1S/C11H16FNO/c1-6-4-9(7(2)5-13)8(3)11(14)10(6)12/h4,7,14H,5,13H2,1-3H3. The van der Waals surface area contributed by atoms with E-state index in [1.54, 1.807) is 19.9 Å². The summed E-state index contributed by atoms with van der Waals surface area (Å²) in [6.45, 7) is 5.80. The number of phenols is 1. The van der Waals surface area contributed by atoms with E-state index in [0.717, 1.165) is 5.56 Å². The zero-order chi connectivity index (χ0) is 10.9. The summed E-state index contributed by atoms with van der Waals surface area (Å²) in [5.41, 5.74) is 7.51. The van der Waals surface area contributed by atoms with Crippen LogP contribution in [0.3, 0.4) is 0 Å². The third kappa shape index (κ3) is 1.73. The predicted molar refractivity (Wildman–Crippen MR) is 55.0 cm³/mol. The zero-order valence-corrected chi connectivity index (χ0v) is 8.76. The number of aryl methyl sites for hydroxylation is 1. The normalized spacial score (nSPS) is 12.9. The molecular formula is C11H16FNO. The van der Waals surface area contributed by atoms with Crippen molar-refractivity contribution in [3.63, 3.8) is 0 Å². The number of hydrogen-bond acceptors (Lipinski definition) is 2. The van der Waals surface area contributed by atoms with Crippen molar-refractivity contribution in [1.82, 2.24) is 0 Å². The molecule has 0 aliphatic heterocycles. The lowest BCUT2D eigenvalue weighted by Gasteiger charge is -2.15. The molecule has 1 aromatic rings. The highest BCUT2D eigenvalue weighted by molar-refractivity contribution is 5.44. The van der Waals surface area contributed by atoms with Crippen LogP contribution in [0.2, 0.25) is 0 Å². The van der Waals surface area contributed by atoms with Gasteiger partial charge in [-0.05, 0) is 43.0 Å². The Bertz CT molecular complexity index is 350. The summed E-state index contributed by atoms with van der Waals surface area (Å²) < 4.78 is 13.3. The summed E-state index contributed by atoms with van der Waals surface area (Å²) in [6.07, 6.45) is 0. The average molecular weight is 197 g/mol. The summed E-state index contributed by atoms with van der Waals surface area (Å²) in [5, 5.41) is 9.50. The van der Waals surface area contributed by atoms with Crippen LogP contribution < -0.4 is 5.73 Å². The fourth-order valence-corrected chi connectivity index (χ4v) is 1.53. The predicted octanol–water partition coefficient (Wildman–Crippen LogP) is 2.21. The van der Waals surface area contributed by atoms with Gasteiger partial charge >= 0.3 is 0 Å². The lowest BCUT2D eigenvalue weighted by molar-refractivity contribution is 0.424. The van der Waals surface area contributed by atoms with Crippen molar-refractivity contribution in [3.05, 3.63) is 28.6 Å². The van der Waals surface area contributed by atoms with Crippen molar-refractivity contribution in [3.8, 4) is 5.75 Å². The molecule has 0 radical (unpaired) electrons. The fourth-order valence-electron chi connectivity index (χ4n) is 1.53. The molecular weight excluding hydrogens is 181 g/mol. The van der Waals surface area contributed by atoms with E-state index in [4.69, 9.17) is 5.73 Å². The van der Waals surface area contributed by atoms with E-state index in [1.807, 2.05) is 6.92 Å². The molecule has 0 aliphatic rings. The molecule has 1 unspecified atom stereocenters. The van der Waals surface area contributed by atoms with Crippen LogP contribution in [0.25, 0.3) is 0 Å². The van der Waals surface area contributed by atoms with Gasteiger partial charge in [-0.2, -0.15) is 0 Å². The molecule has 0 heterocycles. The topological polar surface area (TPSA) is 46.2 Å². The second-order valence-electron chi connectivity index (χ2n) is 3.71. The van der Waals surface area contributed by atoms with Gasteiger partial charge < -0.3 is 10.8 Å². The van der Waals surface area contributed by atoms with E-state index >= 15 is 0 Å². The van der Waals surface area contributed by atoms with Crippen molar-refractivity contribution in [2.45, 2.75) is 26.7 Å². The molecule has 14 heavy (non-hydrogen) atoms. The lowest BCUT2D eigenvalue weighted by Crippen LogP contribution is -2.11. The van der Waals surface area contributed by atoms with Crippen LogP contribution in [-0.2, 0) is 0 Å². The van der Waals surface area contributed by atoms with E-state index in [-0.39, 0.29) is 11.7 Å². The van der Waals surface area contributed by atoms with Crippen molar-refractivity contribution >= 4 is 0 Å².